The second-order valence-corrected chi connectivity index (χ2v) is 5.29. The summed E-state index contributed by atoms with van der Waals surface area (Å²) in [5, 5.41) is 4.84. The Balaban J connectivity index is 2.30. The van der Waals surface area contributed by atoms with Crippen LogP contribution >= 0.6 is 11.6 Å². The van der Waals surface area contributed by atoms with Gasteiger partial charge in [-0.25, -0.2) is 0 Å². The molecule has 19 heavy (non-hydrogen) atoms. The highest BCUT2D eigenvalue weighted by Crippen LogP contribution is 2.20. The molecule has 0 aliphatic rings. The molecule has 2 rings (SSSR count). The second kappa shape index (κ2) is 5.17. The van der Waals surface area contributed by atoms with Crippen molar-refractivity contribution in [3.8, 4) is 0 Å². The van der Waals surface area contributed by atoms with Crippen LogP contribution in [-0.4, -0.2) is 15.6 Å². The van der Waals surface area contributed by atoms with Gasteiger partial charge in [0.25, 0.3) is 0 Å². The van der Waals surface area contributed by atoms with Gasteiger partial charge in [-0.15, -0.1) is 0 Å². The summed E-state index contributed by atoms with van der Waals surface area (Å²) in [5.41, 5.74) is 3.75. The van der Waals surface area contributed by atoms with Gasteiger partial charge in [-0.1, -0.05) is 23.7 Å². The van der Waals surface area contributed by atoms with E-state index in [0.29, 0.717) is 10.6 Å². The first kappa shape index (κ1) is 13.8. The minimum atomic E-state index is -0.353. The number of nitrogens with zero attached hydrogens (tertiary/aromatic N) is 2. The Labute approximate surface area is 118 Å². The SMILES string of the molecule is Cc1ccc(C(=O)C(C)n2cc(Cl)c(C)n2)cc1C. The van der Waals surface area contributed by atoms with Gasteiger partial charge >= 0.3 is 0 Å². The molecule has 1 unspecified atom stereocenters. The van der Waals surface area contributed by atoms with Gasteiger partial charge in [0.05, 0.1) is 10.7 Å². The molecule has 0 fully saturated rings. The fourth-order valence-corrected chi connectivity index (χ4v) is 2.05. The van der Waals surface area contributed by atoms with Crippen LogP contribution in [0.3, 0.4) is 0 Å². The summed E-state index contributed by atoms with van der Waals surface area (Å²) in [7, 11) is 0. The van der Waals surface area contributed by atoms with Crippen LogP contribution in [0.2, 0.25) is 5.02 Å². The van der Waals surface area contributed by atoms with E-state index in [2.05, 4.69) is 5.10 Å². The van der Waals surface area contributed by atoms with Crippen molar-refractivity contribution < 1.29 is 4.79 Å². The van der Waals surface area contributed by atoms with E-state index in [4.69, 9.17) is 11.6 Å². The van der Waals surface area contributed by atoms with Gasteiger partial charge in [-0.3, -0.25) is 9.48 Å². The van der Waals surface area contributed by atoms with Crippen LogP contribution in [0.4, 0.5) is 0 Å². The summed E-state index contributed by atoms with van der Waals surface area (Å²) in [4.78, 5) is 12.4. The zero-order valence-corrected chi connectivity index (χ0v) is 12.3. The lowest BCUT2D eigenvalue weighted by Crippen LogP contribution is -2.17. The lowest BCUT2D eigenvalue weighted by Gasteiger charge is -2.12. The molecular weight excluding hydrogens is 260 g/mol. The number of ketones is 1. The highest BCUT2D eigenvalue weighted by atomic mass is 35.5. The van der Waals surface area contributed by atoms with Crippen molar-refractivity contribution in [1.29, 1.82) is 0 Å². The van der Waals surface area contributed by atoms with E-state index >= 15 is 0 Å². The largest absolute Gasteiger partial charge is 0.292 e. The van der Waals surface area contributed by atoms with E-state index < -0.39 is 0 Å². The molecule has 1 atom stereocenters. The topological polar surface area (TPSA) is 34.9 Å². The molecule has 4 heteroatoms. The zero-order chi connectivity index (χ0) is 14.2. The minimum absolute atomic E-state index is 0.0438. The summed E-state index contributed by atoms with van der Waals surface area (Å²) < 4.78 is 1.62. The molecule has 3 nitrogen and oxygen atoms in total. The van der Waals surface area contributed by atoms with Gasteiger partial charge in [0.1, 0.15) is 6.04 Å². The third kappa shape index (κ3) is 2.71. The average Bonchev–Trinajstić information content (AvgIpc) is 2.71. The van der Waals surface area contributed by atoms with E-state index in [1.807, 2.05) is 45.9 Å². The van der Waals surface area contributed by atoms with Crippen LogP contribution in [0.5, 0.6) is 0 Å². The number of benzene rings is 1. The monoisotopic (exact) mass is 276 g/mol. The first-order chi connectivity index (χ1) is 8.90. The van der Waals surface area contributed by atoms with Crippen molar-refractivity contribution in [2.24, 2.45) is 0 Å². The van der Waals surface area contributed by atoms with Crippen LogP contribution in [0.15, 0.2) is 24.4 Å². The number of carbonyl (C=O) groups is 1. The van der Waals surface area contributed by atoms with Gasteiger partial charge in [-0.2, -0.15) is 5.10 Å². The lowest BCUT2D eigenvalue weighted by molar-refractivity contribution is 0.0928. The van der Waals surface area contributed by atoms with E-state index in [0.717, 1.165) is 11.3 Å². The van der Waals surface area contributed by atoms with Crippen molar-refractivity contribution in [2.75, 3.05) is 0 Å². The Hall–Kier alpha value is -1.61. The number of rotatable bonds is 3. The highest BCUT2D eigenvalue weighted by Gasteiger charge is 2.19. The number of aryl methyl sites for hydroxylation is 3. The number of aromatic nitrogens is 2. The zero-order valence-electron chi connectivity index (χ0n) is 11.6. The number of hydrogen-bond donors (Lipinski definition) is 0. The molecule has 0 saturated heterocycles. The van der Waals surface area contributed by atoms with Crippen LogP contribution < -0.4 is 0 Å². The molecule has 0 radical (unpaired) electrons. The van der Waals surface area contributed by atoms with Crippen molar-refractivity contribution in [3.05, 3.63) is 51.8 Å². The van der Waals surface area contributed by atoms with Gasteiger partial charge in [0.15, 0.2) is 5.78 Å². The average molecular weight is 277 g/mol. The van der Waals surface area contributed by atoms with Gasteiger partial charge in [-0.05, 0) is 44.9 Å². The second-order valence-electron chi connectivity index (χ2n) is 4.88. The maximum absolute atomic E-state index is 12.4. The molecule has 0 amide bonds. The summed E-state index contributed by atoms with van der Waals surface area (Å²) in [6.07, 6.45) is 1.69. The highest BCUT2D eigenvalue weighted by molar-refractivity contribution is 6.31. The van der Waals surface area contributed by atoms with Crippen LogP contribution in [-0.2, 0) is 0 Å². The number of hydrogen-bond acceptors (Lipinski definition) is 2. The van der Waals surface area contributed by atoms with Gasteiger partial charge in [0.2, 0.25) is 0 Å². The predicted molar refractivity (Wildman–Crippen MR) is 76.9 cm³/mol. The van der Waals surface area contributed by atoms with Crippen LogP contribution in [0, 0.1) is 20.8 Å². The lowest BCUT2D eigenvalue weighted by atomic mass is 10.0. The maximum Gasteiger partial charge on any atom is 0.187 e. The summed E-state index contributed by atoms with van der Waals surface area (Å²) in [6.45, 7) is 7.70. The molecule has 0 saturated carbocycles. The fourth-order valence-electron chi connectivity index (χ4n) is 1.91. The van der Waals surface area contributed by atoms with E-state index in [1.54, 1.807) is 10.9 Å². The number of halogens is 1. The fraction of sp³-hybridized carbons (Fsp3) is 0.333. The van der Waals surface area contributed by atoms with Crippen molar-refractivity contribution >= 4 is 17.4 Å². The molecule has 0 aliphatic heterocycles. The van der Waals surface area contributed by atoms with Crippen molar-refractivity contribution in [1.82, 2.24) is 9.78 Å². The van der Waals surface area contributed by atoms with E-state index in [9.17, 15) is 4.79 Å². The molecule has 1 aromatic carbocycles. The van der Waals surface area contributed by atoms with Crippen molar-refractivity contribution in [3.63, 3.8) is 0 Å². The van der Waals surface area contributed by atoms with Gasteiger partial charge < -0.3 is 0 Å². The maximum atomic E-state index is 12.4. The molecule has 0 N–H and O–H groups in total. The molecule has 100 valence electrons. The standard InChI is InChI=1S/C15H17ClN2O/c1-9-5-6-13(7-10(9)2)15(19)12(4)18-8-14(16)11(3)17-18/h5-8,12H,1-4H3. The van der Waals surface area contributed by atoms with E-state index in [-0.39, 0.29) is 11.8 Å². The third-order valence-electron chi connectivity index (χ3n) is 3.42. The van der Waals surface area contributed by atoms with Crippen molar-refractivity contribution in [2.45, 2.75) is 33.7 Å². The normalized spacial score (nSPS) is 12.5. The Bertz CT molecular complexity index is 612. The van der Waals surface area contributed by atoms with Gasteiger partial charge in [0, 0.05) is 11.8 Å². The molecule has 0 aliphatic carbocycles. The molecule has 0 spiro atoms. The molecule has 0 bridgehead atoms. The third-order valence-corrected chi connectivity index (χ3v) is 3.80. The van der Waals surface area contributed by atoms with E-state index in [1.165, 1.54) is 5.56 Å². The first-order valence-corrected chi connectivity index (χ1v) is 6.60. The summed E-state index contributed by atoms with van der Waals surface area (Å²) >= 11 is 5.98. The predicted octanol–water partition coefficient (Wildman–Crippen LogP) is 3.91. The Kier molecular flexibility index (Phi) is 3.76. The minimum Gasteiger partial charge on any atom is -0.292 e. The summed E-state index contributed by atoms with van der Waals surface area (Å²) in [6, 6.07) is 5.40. The quantitative estimate of drug-likeness (QED) is 0.797. The molecular formula is C15H17ClN2O. The van der Waals surface area contributed by atoms with Crippen LogP contribution in [0.25, 0.3) is 0 Å². The Morgan fingerprint density at radius 1 is 1.26 bits per heavy atom. The number of Topliss-reactive ketones (excluding diaryl/α,β-unsaturated/α-hetero) is 1. The molecule has 2 aromatic rings. The molecule has 1 aromatic heterocycles. The van der Waals surface area contributed by atoms with Crippen LogP contribution in [0.1, 0.15) is 40.1 Å². The molecule has 1 heterocycles. The smallest absolute Gasteiger partial charge is 0.187 e. The Morgan fingerprint density at radius 2 is 1.95 bits per heavy atom. The first-order valence-electron chi connectivity index (χ1n) is 6.23. The number of carbonyl (C=O) groups excluding carboxylic acids is 1. The Morgan fingerprint density at radius 3 is 2.47 bits per heavy atom. The summed E-state index contributed by atoms with van der Waals surface area (Å²) in [5.74, 6) is 0.0438.